The Hall–Kier alpha value is -2.50. The molecule has 3 N–H and O–H groups in total. The van der Waals surface area contributed by atoms with E-state index < -0.39 is 0 Å². The summed E-state index contributed by atoms with van der Waals surface area (Å²) >= 11 is 0. The Morgan fingerprint density at radius 2 is 1.70 bits per heavy atom. The predicted octanol–water partition coefficient (Wildman–Crippen LogP) is 3.37. The van der Waals surface area contributed by atoms with Gasteiger partial charge in [-0.1, -0.05) is 18.2 Å². The Labute approximate surface area is 171 Å². The zero-order chi connectivity index (χ0) is 19.5. The molecule has 0 aliphatic rings. The number of benzene rings is 2. The minimum Gasteiger partial charge on any atom is -0.810 e. The molecule has 0 heterocycles. The van der Waals surface area contributed by atoms with Gasteiger partial charge in [-0.3, -0.25) is 4.79 Å². The van der Waals surface area contributed by atoms with Crippen molar-refractivity contribution in [3.05, 3.63) is 59.0 Å². The number of hydrogen-bond donors (Lipinski definition) is 3. The van der Waals surface area contributed by atoms with E-state index in [9.17, 15) is 15.0 Å². The van der Waals surface area contributed by atoms with Crippen molar-refractivity contribution in [2.75, 3.05) is 24.5 Å². The third-order valence-electron chi connectivity index (χ3n) is 3.77. The molecule has 0 aliphatic heterocycles. The van der Waals surface area contributed by atoms with Gasteiger partial charge >= 0.3 is 0 Å². The second-order valence-electron chi connectivity index (χ2n) is 5.42. The minimum absolute atomic E-state index is 0. The molecule has 1 radical (unpaired) electrons. The van der Waals surface area contributed by atoms with E-state index in [-0.39, 0.29) is 34.5 Å². The van der Waals surface area contributed by atoms with Crippen LogP contribution in [0.1, 0.15) is 36.7 Å². The first kappa shape index (κ1) is 24.5. The van der Waals surface area contributed by atoms with Crippen LogP contribution in [0.4, 0.5) is 5.69 Å². The number of phenolic OH excluding ortho intramolecular Hbond substituents is 2. The summed E-state index contributed by atoms with van der Waals surface area (Å²) in [5.74, 6) is -0.115. The molecule has 1 amide bonds. The number of carbonyl (C=O) groups is 1. The molecule has 0 unspecified atom stereocenters. The fourth-order valence-electron chi connectivity index (χ4n) is 2.35. The van der Waals surface area contributed by atoms with E-state index in [0.29, 0.717) is 17.7 Å². The van der Waals surface area contributed by atoms with E-state index in [4.69, 9.17) is 5.41 Å². The molecule has 7 heteroatoms. The van der Waals surface area contributed by atoms with Crippen molar-refractivity contribution in [3.8, 4) is 11.5 Å². The molecular formula is C20H26MnN3O3-. The van der Waals surface area contributed by atoms with Crippen molar-refractivity contribution < 1.29 is 32.1 Å². The molecule has 0 bridgehead atoms. The van der Waals surface area contributed by atoms with Crippen molar-refractivity contribution in [3.63, 3.8) is 0 Å². The van der Waals surface area contributed by atoms with Gasteiger partial charge in [-0.15, -0.1) is 0 Å². The Morgan fingerprint density at radius 1 is 1.07 bits per heavy atom. The van der Waals surface area contributed by atoms with Gasteiger partial charge in [0.2, 0.25) is 0 Å². The predicted molar refractivity (Wildman–Crippen MR) is 106 cm³/mol. The number of phenols is 2. The molecule has 27 heavy (non-hydrogen) atoms. The molecule has 0 saturated carbocycles. The fourth-order valence-corrected chi connectivity index (χ4v) is 2.35. The van der Waals surface area contributed by atoms with Crippen LogP contribution in [0.5, 0.6) is 11.5 Å². The number of anilines is 1. The molecule has 2 aromatic rings. The van der Waals surface area contributed by atoms with Crippen molar-refractivity contribution in [1.82, 2.24) is 5.32 Å². The number of nitrogens with one attached hydrogen (secondary N) is 1. The molecule has 0 fully saturated rings. The van der Waals surface area contributed by atoms with Crippen LogP contribution in [0, 0.1) is 0 Å². The monoisotopic (exact) mass is 411 g/mol. The maximum Gasteiger partial charge on any atom is 0.255 e. The number of para-hydroxylation sites is 1. The van der Waals surface area contributed by atoms with Crippen molar-refractivity contribution in [2.45, 2.75) is 20.8 Å². The van der Waals surface area contributed by atoms with Gasteiger partial charge < -0.3 is 25.8 Å². The van der Waals surface area contributed by atoms with Gasteiger partial charge in [-0.05, 0) is 44.5 Å². The second-order valence-corrected chi connectivity index (χ2v) is 5.42. The molecule has 0 saturated heterocycles. The first-order valence-corrected chi connectivity index (χ1v) is 8.59. The summed E-state index contributed by atoms with van der Waals surface area (Å²) in [4.78, 5) is 13.3. The summed E-state index contributed by atoms with van der Waals surface area (Å²) in [7, 11) is 0. The van der Waals surface area contributed by atoms with Crippen LogP contribution in [-0.2, 0) is 17.1 Å². The quantitative estimate of drug-likeness (QED) is 0.502. The summed E-state index contributed by atoms with van der Waals surface area (Å²) < 4.78 is 0. The molecule has 0 aromatic heterocycles. The van der Waals surface area contributed by atoms with Gasteiger partial charge in [0.25, 0.3) is 5.91 Å². The topological polar surface area (TPSA) is 95.1 Å². The Bertz CT molecular complexity index is 734. The van der Waals surface area contributed by atoms with E-state index in [0.717, 1.165) is 25.0 Å². The summed E-state index contributed by atoms with van der Waals surface area (Å²) in [6.45, 7) is 8.32. The van der Waals surface area contributed by atoms with E-state index in [2.05, 4.69) is 24.1 Å². The molecular weight excluding hydrogens is 385 g/mol. The van der Waals surface area contributed by atoms with Gasteiger partial charge in [0.15, 0.2) is 0 Å². The molecule has 0 atom stereocenters. The molecule has 0 spiro atoms. The third kappa shape index (κ3) is 7.33. The zero-order valence-electron chi connectivity index (χ0n) is 15.8. The summed E-state index contributed by atoms with van der Waals surface area (Å²) in [6, 6.07) is 11.7. The maximum atomic E-state index is 11.2. The van der Waals surface area contributed by atoms with Crippen LogP contribution in [0.15, 0.2) is 42.5 Å². The van der Waals surface area contributed by atoms with Crippen LogP contribution in [0.25, 0.3) is 5.41 Å². The van der Waals surface area contributed by atoms with Crippen LogP contribution in [-0.4, -0.2) is 42.0 Å². The van der Waals surface area contributed by atoms with E-state index in [1.807, 2.05) is 13.0 Å². The Morgan fingerprint density at radius 3 is 2.19 bits per heavy atom. The van der Waals surface area contributed by atoms with E-state index in [1.54, 1.807) is 30.3 Å². The average Bonchev–Trinajstić information content (AvgIpc) is 2.64. The first-order valence-electron chi connectivity index (χ1n) is 8.59. The van der Waals surface area contributed by atoms with Crippen molar-refractivity contribution in [1.29, 1.82) is 0 Å². The van der Waals surface area contributed by atoms with Gasteiger partial charge in [-0.25, -0.2) is 0 Å². The van der Waals surface area contributed by atoms with E-state index >= 15 is 0 Å². The second kappa shape index (κ2) is 12.8. The Balaban J connectivity index is 0.000000488. The molecule has 2 rings (SSSR count). The maximum absolute atomic E-state index is 11.2. The zero-order valence-corrected chi connectivity index (χ0v) is 17.0. The number of carbonyl (C=O) groups excluding carboxylic acids is 1. The fraction of sp³-hybridized carbons (Fsp3) is 0.300. The number of rotatable bonds is 6. The number of hydrogen-bond acceptors (Lipinski definition) is 4. The first-order chi connectivity index (χ1) is 12.5. The molecule has 2 aromatic carbocycles. The SMILES string of the molecule is CCN(CC)c1ccc(C=[N-])c(O)c1.CCNC(=O)c1ccccc1O.[Mn]. The average molecular weight is 411 g/mol. The minimum atomic E-state index is -0.240. The van der Waals surface area contributed by atoms with Gasteiger partial charge in [0, 0.05) is 48.5 Å². The van der Waals surface area contributed by atoms with Crippen LogP contribution in [0.3, 0.4) is 0 Å². The standard InChI is InChI=1S/C11H15N2O.C9H11NO2.Mn/c1-3-13(4-2)10-6-5-9(8-12)11(14)7-10;1-2-10-9(12)7-5-3-4-6-8(7)11;/h5-8,14H,3-4H2,1-2H3;3-6,11H,2H2,1H3,(H,10,12);/q-1;;. The molecule has 147 valence electrons. The normalized spacial score (nSPS) is 9.30. The number of amides is 1. The van der Waals surface area contributed by atoms with Crippen molar-refractivity contribution in [2.24, 2.45) is 0 Å². The number of aromatic hydroxyl groups is 2. The van der Waals surface area contributed by atoms with Crippen LogP contribution >= 0.6 is 0 Å². The van der Waals surface area contributed by atoms with Crippen molar-refractivity contribution >= 4 is 17.8 Å². The smallest absolute Gasteiger partial charge is 0.255 e. The summed E-state index contributed by atoms with van der Waals surface area (Å²) in [5, 5.41) is 30.1. The van der Waals surface area contributed by atoms with Crippen LogP contribution in [0.2, 0.25) is 0 Å². The molecule has 6 nitrogen and oxygen atoms in total. The van der Waals surface area contributed by atoms with Gasteiger partial charge in [-0.2, -0.15) is 6.21 Å². The summed E-state index contributed by atoms with van der Waals surface area (Å²) in [6.07, 6.45) is 0.904. The summed E-state index contributed by atoms with van der Waals surface area (Å²) in [5.41, 5.74) is 1.73. The van der Waals surface area contributed by atoms with E-state index in [1.165, 1.54) is 6.07 Å². The Kier molecular flexibility index (Phi) is 11.6. The van der Waals surface area contributed by atoms with Crippen LogP contribution < -0.4 is 10.2 Å². The largest absolute Gasteiger partial charge is 0.810 e. The number of nitrogens with zero attached hydrogens (tertiary/aromatic N) is 2. The third-order valence-corrected chi connectivity index (χ3v) is 3.77. The van der Waals surface area contributed by atoms with Gasteiger partial charge in [0.1, 0.15) is 11.5 Å². The molecule has 0 aliphatic carbocycles. The van der Waals surface area contributed by atoms with Gasteiger partial charge in [0.05, 0.1) is 5.56 Å².